The van der Waals surface area contributed by atoms with E-state index < -0.39 is 251 Å². The number of pyridine rings is 1. The molecule has 0 saturated heterocycles. The van der Waals surface area contributed by atoms with Crippen LogP contribution in [0.2, 0.25) is 0 Å². The number of aromatic nitrogens is 4. The van der Waals surface area contributed by atoms with Crippen LogP contribution in [0.4, 0.5) is 0 Å². The molecule has 7 heteroatoms. The Morgan fingerprint density at radius 2 is 1.20 bits per heavy atom. The molecule has 1 aliphatic carbocycles. The third-order valence-corrected chi connectivity index (χ3v) is 19.9. The molecule has 14 rings (SSSR count). The van der Waals surface area contributed by atoms with Crippen LogP contribution in [-0.2, 0) is 42.7 Å². The van der Waals surface area contributed by atoms with Gasteiger partial charge in [-0.15, -0.1) is 29.7 Å². The quantitative estimate of drug-likeness (QED) is 0.0560. The fourth-order valence-electron chi connectivity index (χ4n) is 11.6. The van der Waals surface area contributed by atoms with Gasteiger partial charge in [-0.05, 0) is 129 Å². The summed E-state index contributed by atoms with van der Waals surface area (Å²) in [6, 6.07) is 5.59. The molecule has 3 heterocycles. The van der Waals surface area contributed by atoms with Crippen molar-refractivity contribution < 1.29 is 78.3 Å². The van der Waals surface area contributed by atoms with Crippen LogP contribution in [-0.4, -0.2) is 22.2 Å². The van der Waals surface area contributed by atoms with Gasteiger partial charge in [-0.2, -0.15) is 18.2 Å². The van der Waals surface area contributed by atoms with Crippen molar-refractivity contribution in [3.63, 3.8) is 0 Å². The second-order valence-corrected chi connectivity index (χ2v) is 27.0. The first kappa shape index (κ1) is 30.5. The summed E-state index contributed by atoms with van der Waals surface area (Å²) in [5.74, 6) is 0.559. The van der Waals surface area contributed by atoms with E-state index in [9.17, 15) is 31.5 Å². The molecule has 0 unspecified atom stereocenters. The standard InChI is InChI=1S/C81H72N4OSi.Pt/c1-78(2,3)58-44-45-82-76(50-58)85-71-37-24-23-36-66(71)67-41-40-62(52-73(67)85)86-61-29-25-28-60(51-61)83-54-84(72-43-39-56(47-74(72)83)55-26-15-11-16-27-55)77-68(57-38-42-69-70(46-57)81(9,10)53-80(69,7)8)48-59(79(4,5)6)49-75(77)87(63-30-17-12-18-31-63,64-32-19-13-20-33-64)65-34-21-14-22-35-65;/h11-50H,53H2,1-10H3;/q-2;/i7D3,8D3,9D3,10D3,11D,12D,13D,14D,15D,16D,17D,18D,19D,20D,21D,22D,26D,27D,30D,31D,32D,33D,34D,35D,38D,42D,46D;. The number of benzene rings is 10. The summed E-state index contributed by atoms with van der Waals surface area (Å²) < 4.78 is 345. The minimum absolute atomic E-state index is 0. The number of nitrogens with zero attached hydrogens (tertiary/aromatic N) is 4. The van der Waals surface area contributed by atoms with E-state index in [0.29, 0.717) is 11.3 Å². The van der Waals surface area contributed by atoms with Crippen molar-refractivity contribution in [1.29, 1.82) is 0 Å². The molecule has 5 nitrogen and oxygen atoms in total. The number of hydrogen-bond acceptors (Lipinski definition) is 2. The Labute approximate surface area is 583 Å². The first-order valence-electron chi connectivity index (χ1n) is 45.2. The van der Waals surface area contributed by atoms with Gasteiger partial charge in [0.2, 0.25) is 0 Å². The Hall–Kier alpha value is -8.67. The molecular weight excluding hydrogens is 1270 g/mol. The first-order chi connectivity index (χ1) is 56.4. The van der Waals surface area contributed by atoms with Gasteiger partial charge in [0, 0.05) is 60.7 Å². The van der Waals surface area contributed by atoms with E-state index in [4.69, 9.17) is 26.2 Å². The predicted octanol–water partition coefficient (Wildman–Crippen LogP) is 16.9. The van der Waals surface area contributed by atoms with Crippen molar-refractivity contribution in [2.45, 2.75) is 97.0 Å². The molecule has 0 saturated carbocycles. The summed E-state index contributed by atoms with van der Waals surface area (Å²) in [5.41, 5.74) is -14.0. The normalized spacial score (nSPS) is 20.1. The third kappa shape index (κ3) is 10.1. The fraction of sp³-hybridized carbons (Fsp3) is 0.185. The number of imidazole rings is 1. The molecule has 13 aromatic rings. The van der Waals surface area contributed by atoms with Gasteiger partial charge < -0.3 is 13.9 Å². The van der Waals surface area contributed by atoms with Gasteiger partial charge in [-0.25, -0.2) is 4.98 Å². The maximum atomic E-state index is 10.9. The molecule has 88 heavy (non-hydrogen) atoms. The number of para-hydroxylation sites is 1. The summed E-state index contributed by atoms with van der Waals surface area (Å²) in [5, 5.41) is -2.53. The monoisotopic (exact) mass is 1370 g/mol. The minimum Gasteiger partial charge on any atom is -0.510 e. The van der Waals surface area contributed by atoms with E-state index in [0.717, 1.165) is 26.4 Å². The molecule has 0 fully saturated rings. The van der Waals surface area contributed by atoms with E-state index in [1.54, 1.807) is 12.3 Å². The molecule has 3 aromatic heterocycles. The van der Waals surface area contributed by atoms with Crippen LogP contribution in [0.1, 0.15) is 146 Å². The van der Waals surface area contributed by atoms with Crippen molar-refractivity contribution in [2.24, 2.45) is 0 Å². The Bertz CT molecular complexity index is 6380. The van der Waals surface area contributed by atoms with Gasteiger partial charge in [0.25, 0.3) is 6.33 Å². The van der Waals surface area contributed by atoms with Gasteiger partial charge in [0.05, 0.1) is 48.2 Å². The number of rotatable bonds is 11. The largest absolute Gasteiger partial charge is 0.510 e. The summed E-state index contributed by atoms with van der Waals surface area (Å²) in [7, 11) is -6.72. The average molecular weight is 1380 g/mol. The first-order valence-corrected chi connectivity index (χ1v) is 29.7. The zero-order valence-corrected chi connectivity index (χ0v) is 51.3. The van der Waals surface area contributed by atoms with Crippen molar-refractivity contribution in [2.75, 3.05) is 0 Å². The van der Waals surface area contributed by atoms with Crippen LogP contribution in [0.3, 0.4) is 0 Å². The van der Waals surface area contributed by atoms with Crippen LogP contribution in [0.25, 0.3) is 72.3 Å². The molecule has 0 atom stereocenters. The Morgan fingerprint density at radius 3 is 1.86 bits per heavy atom. The van der Waals surface area contributed by atoms with Crippen molar-refractivity contribution in [3.8, 4) is 50.9 Å². The Morgan fingerprint density at radius 1 is 0.568 bits per heavy atom. The topological polar surface area (TPSA) is 35.9 Å². The van der Waals surface area contributed by atoms with Gasteiger partial charge in [0.1, 0.15) is 5.82 Å². The van der Waals surface area contributed by atoms with Gasteiger partial charge >= 0.3 is 0 Å². The maximum absolute atomic E-state index is 10.9. The summed E-state index contributed by atoms with van der Waals surface area (Å²) in [6.07, 6.45) is 3.05. The smallest absolute Gasteiger partial charge is 0.268 e. The third-order valence-electron chi connectivity index (χ3n) is 15.8. The average Bonchev–Trinajstić information content (AvgIpc) is 1.56. The molecule has 438 valence electrons. The molecule has 0 spiro atoms. The minimum atomic E-state index is -6.72. The van der Waals surface area contributed by atoms with E-state index in [-0.39, 0.29) is 65.8 Å². The van der Waals surface area contributed by atoms with Crippen LogP contribution < -0.4 is 30.1 Å². The maximum Gasteiger partial charge on any atom is 0.268 e. The second-order valence-electron chi connectivity index (χ2n) is 23.5. The molecule has 0 bridgehead atoms. The number of ether oxygens (including phenoxy) is 1. The number of hydrogen-bond donors (Lipinski definition) is 0. The zero-order valence-electron chi connectivity index (χ0n) is 83.0. The summed E-state index contributed by atoms with van der Waals surface area (Å²) in [6.45, 7) is -5.50. The van der Waals surface area contributed by atoms with E-state index in [2.05, 4.69) is 39.2 Å². The molecule has 0 N–H and O–H groups in total. The van der Waals surface area contributed by atoms with E-state index >= 15 is 0 Å². The molecule has 0 aliphatic heterocycles. The van der Waals surface area contributed by atoms with Crippen molar-refractivity contribution in [3.05, 3.63) is 283 Å². The SMILES string of the molecule is [2H]c1c([2H])c([2H])c(-c2ccc3c(c2)n(-c2[c-]c(Oc4[c-]c5c(cc4)c4ccccc4n5-c4cc(C(C)(C)C)ccn4)ccc2)[c-][n+]3-c2c(-c3c([2H])c([2H])c4c(c3[2H])C(C([2H])([2H])[2H])(C([2H])([2H])[2H])CC4(C([2H])([2H])[2H])C([2H])([2H])[2H])cc(C(C)(C)C)cc2[Si](c2c([2H])c([2H])c([2H])c([2H])c2[2H])(c2c([2H])c([2H])c([2H])c([2H])c2[2H])c2c([2H])c([2H])c([2H])c([2H])c2[2H])c([2H])c1[2H].[Pt]. The Kier molecular flexibility index (Phi) is 7.68. The predicted molar refractivity (Wildman–Crippen MR) is 363 cm³/mol. The molecular formula is C81H72N4OPtSi-2. The molecule has 0 amide bonds. The zero-order chi connectivity index (χ0) is 90.1. The second kappa shape index (κ2) is 22.2. The molecule has 1 aliphatic rings. The van der Waals surface area contributed by atoms with E-state index in [1.807, 2.05) is 47.0 Å². The number of fused-ring (bicyclic) bond motifs is 5. The van der Waals surface area contributed by atoms with Crippen LogP contribution in [0.5, 0.6) is 11.5 Å². The summed E-state index contributed by atoms with van der Waals surface area (Å²) in [4.78, 5) is 4.80. The van der Waals surface area contributed by atoms with Crippen LogP contribution >= 0.6 is 0 Å². The van der Waals surface area contributed by atoms with E-state index in [1.165, 1.54) is 73.9 Å². The van der Waals surface area contributed by atoms with Crippen LogP contribution in [0, 0.1) is 18.5 Å². The molecule has 10 aromatic carbocycles. The van der Waals surface area contributed by atoms with Gasteiger partial charge in [-0.1, -0.05) is 256 Å². The van der Waals surface area contributed by atoms with Gasteiger partial charge in [0.15, 0.2) is 8.07 Å². The van der Waals surface area contributed by atoms with Crippen molar-refractivity contribution in [1.82, 2.24) is 14.1 Å². The van der Waals surface area contributed by atoms with Gasteiger partial charge in [-0.3, -0.25) is 4.57 Å². The van der Waals surface area contributed by atoms with Crippen molar-refractivity contribution >= 4 is 61.7 Å². The Balaban J connectivity index is 0.0000130. The fourth-order valence-corrected chi connectivity index (χ4v) is 15.6. The summed E-state index contributed by atoms with van der Waals surface area (Å²) >= 11 is 0. The molecule has 0 radical (unpaired) electrons. The van der Waals surface area contributed by atoms with Crippen LogP contribution in [0.15, 0.2) is 242 Å².